The second-order valence-corrected chi connectivity index (χ2v) is 1.98. The number of oxime groups is 1. The van der Waals surface area contributed by atoms with Crippen LogP contribution in [0.3, 0.4) is 0 Å². The van der Waals surface area contributed by atoms with Crippen molar-refractivity contribution in [2.45, 2.75) is 0 Å². The zero-order valence-electron chi connectivity index (χ0n) is 4.77. The van der Waals surface area contributed by atoms with Crippen LogP contribution in [0, 0.1) is 0 Å². The Labute approximate surface area is 52.7 Å². The normalized spacial score (nSPS) is 10.1. The number of hydrogen-bond donors (Lipinski definition) is 2. The van der Waals surface area contributed by atoms with E-state index in [2.05, 4.69) is 14.3 Å². The lowest BCUT2D eigenvalue weighted by atomic mass is 11.1. The van der Waals surface area contributed by atoms with E-state index in [-0.39, 0.29) is 5.96 Å². The highest BCUT2D eigenvalue weighted by atomic mass is 31.1. The molecule has 0 saturated carbocycles. The van der Waals surface area contributed by atoms with E-state index < -0.39 is 8.25 Å². The molecule has 0 amide bonds. The number of hydrogen-bond acceptors (Lipinski definition) is 4. The third kappa shape index (κ3) is 4.99. The van der Waals surface area contributed by atoms with Crippen LogP contribution in [0.4, 0.5) is 0 Å². The van der Waals surface area contributed by atoms with Crippen molar-refractivity contribution in [2.75, 3.05) is 7.11 Å². The minimum absolute atomic E-state index is 0.296. The molecular formula is C2H7N3O3P+. The summed E-state index contributed by atoms with van der Waals surface area (Å²) in [5.74, 6) is -0.296. The van der Waals surface area contributed by atoms with Crippen molar-refractivity contribution in [3.63, 3.8) is 0 Å². The lowest BCUT2D eigenvalue weighted by Gasteiger charge is -1.79. The molecule has 0 aliphatic rings. The molecule has 6 nitrogen and oxygen atoms in total. The predicted octanol–water partition coefficient (Wildman–Crippen LogP) is -0.505. The van der Waals surface area contributed by atoms with Crippen molar-refractivity contribution in [3.05, 3.63) is 0 Å². The summed E-state index contributed by atoms with van der Waals surface area (Å²) in [6.45, 7) is 0. The summed E-state index contributed by atoms with van der Waals surface area (Å²) in [7, 11) is -0.999. The van der Waals surface area contributed by atoms with Crippen molar-refractivity contribution >= 4 is 14.2 Å². The molecule has 0 aliphatic heterocycles. The Morgan fingerprint density at radius 2 is 2.22 bits per heavy atom. The van der Waals surface area contributed by atoms with Crippen LogP contribution in [-0.2, 0) is 13.7 Å². The maximum Gasteiger partial charge on any atom is 0.772 e. The van der Waals surface area contributed by atoms with Crippen molar-refractivity contribution in [3.8, 4) is 0 Å². The fraction of sp³-hybridized carbons (Fsp3) is 0.500. The molecule has 0 spiro atoms. The molecule has 0 rings (SSSR count). The van der Waals surface area contributed by atoms with E-state index in [1.165, 1.54) is 7.11 Å². The summed E-state index contributed by atoms with van der Waals surface area (Å²) in [4.78, 5) is 0. The Hall–Kier alpha value is -0.870. The van der Waals surface area contributed by atoms with Crippen LogP contribution in [0.5, 0.6) is 0 Å². The van der Waals surface area contributed by atoms with E-state index in [9.17, 15) is 4.57 Å². The number of nitrogens with two attached hydrogens (primary N) is 2. The summed E-state index contributed by atoms with van der Waals surface area (Å²) >= 11 is 0. The summed E-state index contributed by atoms with van der Waals surface area (Å²) in [5, 5.41) is 2.96. The molecule has 0 fully saturated rings. The highest BCUT2D eigenvalue weighted by Gasteiger charge is 2.16. The van der Waals surface area contributed by atoms with Crippen molar-refractivity contribution in [2.24, 2.45) is 16.6 Å². The second kappa shape index (κ2) is 4.05. The molecular weight excluding hydrogens is 145 g/mol. The third-order valence-corrected chi connectivity index (χ3v) is 0.875. The summed E-state index contributed by atoms with van der Waals surface area (Å²) < 4.78 is 18.4. The summed E-state index contributed by atoms with van der Waals surface area (Å²) in [6.07, 6.45) is 0. The average Bonchev–Trinajstić information content (AvgIpc) is 1.83. The van der Waals surface area contributed by atoms with Crippen molar-refractivity contribution in [1.82, 2.24) is 0 Å². The molecule has 0 bridgehead atoms. The Kier molecular flexibility index (Phi) is 3.66. The average molecular weight is 152 g/mol. The minimum Gasteiger partial charge on any atom is -0.367 e. The molecule has 0 saturated heterocycles. The van der Waals surface area contributed by atoms with Crippen LogP contribution in [0.15, 0.2) is 5.16 Å². The SMILES string of the molecule is CO[P+](=O)ON=C(N)N. The second-order valence-electron chi connectivity index (χ2n) is 1.00. The molecule has 0 aromatic rings. The van der Waals surface area contributed by atoms with Crippen LogP contribution in [-0.4, -0.2) is 13.1 Å². The highest BCUT2D eigenvalue weighted by molar-refractivity contribution is 7.33. The first-order valence-corrected chi connectivity index (χ1v) is 3.03. The molecule has 1 unspecified atom stereocenters. The van der Waals surface area contributed by atoms with Crippen LogP contribution in [0.1, 0.15) is 0 Å². The molecule has 0 heterocycles. The van der Waals surface area contributed by atoms with E-state index >= 15 is 0 Å². The number of nitrogens with zero attached hydrogens (tertiary/aromatic N) is 1. The number of rotatable bonds is 3. The fourth-order valence-corrected chi connectivity index (χ4v) is 0.341. The lowest BCUT2D eigenvalue weighted by Crippen LogP contribution is -2.22. The van der Waals surface area contributed by atoms with Gasteiger partial charge in [-0.25, -0.2) is 0 Å². The molecule has 0 aromatic carbocycles. The van der Waals surface area contributed by atoms with E-state index in [4.69, 9.17) is 11.5 Å². The van der Waals surface area contributed by atoms with Crippen LogP contribution in [0.2, 0.25) is 0 Å². The third-order valence-electron chi connectivity index (χ3n) is 0.362. The first-order chi connectivity index (χ1) is 4.16. The van der Waals surface area contributed by atoms with Gasteiger partial charge in [0.1, 0.15) is 0 Å². The molecule has 9 heavy (non-hydrogen) atoms. The standard InChI is InChI=1S/C2H7N3O3P/c1-7-9(6)8-5-2(3)4/h1H3,(H4,3,4,5)/q+1. The van der Waals surface area contributed by atoms with Gasteiger partial charge in [0.05, 0.1) is 7.11 Å². The predicted molar refractivity (Wildman–Crippen MR) is 31.5 cm³/mol. The summed E-state index contributed by atoms with van der Waals surface area (Å²) in [5.41, 5.74) is 9.63. The molecule has 0 radical (unpaired) electrons. The summed E-state index contributed by atoms with van der Waals surface area (Å²) in [6, 6.07) is 0. The van der Waals surface area contributed by atoms with Crippen molar-refractivity contribution < 1.29 is 13.7 Å². The topological polar surface area (TPSA) is 99.9 Å². The first kappa shape index (κ1) is 8.13. The smallest absolute Gasteiger partial charge is 0.367 e. The van der Waals surface area contributed by atoms with Gasteiger partial charge >= 0.3 is 8.25 Å². The van der Waals surface area contributed by atoms with Gasteiger partial charge in [-0.1, -0.05) is 0 Å². The zero-order valence-corrected chi connectivity index (χ0v) is 5.67. The van der Waals surface area contributed by atoms with Gasteiger partial charge in [0.2, 0.25) is 5.96 Å². The zero-order chi connectivity index (χ0) is 7.28. The fourth-order valence-electron chi connectivity index (χ4n) is 0.114. The Morgan fingerprint density at radius 3 is 2.56 bits per heavy atom. The van der Waals surface area contributed by atoms with Crippen LogP contribution < -0.4 is 11.5 Å². The quantitative estimate of drug-likeness (QED) is 0.245. The monoisotopic (exact) mass is 152 g/mol. The van der Waals surface area contributed by atoms with Crippen LogP contribution in [0.25, 0.3) is 0 Å². The van der Waals surface area contributed by atoms with E-state index in [0.29, 0.717) is 0 Å². The maximum absolute atomic E-state index is 10.2. The minimum atomic E-state index is -2.21. The Balaban J connectivity index is 3.50. The largest absolute Gasteiger partial charge is 0.772 e. The maximum atomic E-state index is 10.2. The van der Waals surface area contributed by atoms with Gasteiger partial charge in [0.15, 0.2) is 0 Å². The highest BCUT2D eigenvalue weighted by Crippen LogP contribution is 2.21. The molecule has 1 atom stereocenters. The van der Waals surface area contributed by atoms with Gasteiger partial charge in [-0.3, -0.25) is 0 Å². The molecule has 0 aliphatic carbocycles. The van der Waals surface area contributed by atoms with E-state index in [1.54, 1.807) is 0 Å². The van der Waals surface area contributed by atoms with Gasteiger partial charge in [0, 0.05) is 9.72 Å². The van der Waals surface area contributed by atoms with E-state index in [1.807, 2.05) is 0 Å². The van der Waals surface area contributed by atoms with E-state index in [0.717, 1.165) is 0 Å². The lowest BCUT2D eigenvalue weighted by molar-refractivity contribution is 0.267. The van der Waals surface area contributed by atoms with Gasteiger partial charge < -0.3 is 11.5 Å². The van der Waals surface area contributed by atoms with Crippen molar-refractivity contribution in [1.29, 1.82) is 0 Å². The first-order valence-electron chi connectivity index (χ1n) is 1.94. The van der Waals surface area contributed by atoms with Gasteiger partial charge in [-0.15, -0.1) is 9.15 Å². The Morgan fingerprint density at radius 1 is 1.67 bits per heavy atom. The molecule has 0 aromatic heterocycles. The molecule has 52 valence electrons. The Bertz CT molecular complexity index is 131. The van der Waals surface area contributed by atoms with Gasteiger partial charge in [0.25, 0.3) is 0 Å². The van der Waals surface area contributed by atoms with Crippen LogP contribution >= 0.6 is 8.25 Å². The molecule has 7 heteroatoms. The number of guanidine groups is 1. The molecule has 4 N–H and O–H groups in total. The van der Waals surface area contributed by atoms with Gasteiger partial charge in [-0.2, -0.15) is 0 Å². The van der Waals surface area contributed by atoms with Gasteiger partial charge in [-0.05, 0) is 0 Å².